The molecule has 0 saturated heterocycles. The molecule has 6 rings (SSSR count). The van der Waals surface area contributed by atoms with Gasteiger partial charge in [0.2, 0.25) is 5.78 Å². The van der Waals surface area contributed by atoms with Crippen LogP contribution in [-0.2, 0) is 38.5 Å². The monoisotopic (exact) mass is 715 g/mol. The molecule has 3 aromatic rings. The number of benzene rings is 2. The van der Waals surface area contributed by atoms with Crippen molar-refractivity contribution in [3.05, 3.63) is 76.0 Å². The second kappa shape index (κ2) is 13.5. The van der Waals surface area contributed by atoms with Crippen LogP contribution in [0.1, 0.15) is 92.4 Å². The molecule has 1 aromatic heterocycles. The van der Waals surface area contributed by atoms with Gasteiger partial charge in [-0.05, 0) is 127 Å². The SMILES string of the molecule is COC12C(=O)c3c(OCc4ccccc4)noc3C(N(C)C)C1CC1Cc3cc(N(C(=O)OC(C)(C)C)C(=O)OC(C)(C)C)cc(C)c3CC1C2=O. The van der Waals surface area contributed by atoms with Crippen LogP contribution in [0.3, 0.4) is 0 Å². The lowest BCUT2D eigenvalue weighted by molar-refractivity contribution is -0.162. The van der Waals surface area contributed by atoms with Gasteiger partial charge in [-0.1, -0.05) is 30.3 Å². The number of ketones is 2. The van der Waals surface area contributed by atoms with Crippen LogP contribution in [0.15, 0.2) is 47.0 Å². The lowest BCUT2D eigenvalue weighted by atomic mass is 9.54. The molecule has 1 heterocycles. The molecule has 0 bridgehead atoms. The summed E-state index contributed by atoms with van der Waals surface area (Å²) in [6, 6.07) is 12.6. The summed E-state index contributed by atoms with van der Waals surface area (Å²) >= 11 is 0. The molecule has 278 valence electrons. The minimum absolute atomic E-state index is 0.0393. The van der Waals surface area contributed by atoms with E-state index in [4.69, 9.17) is 23.5 Å². The summed E-state index contributed by atoms with van der Waals surface area (Å²) in [5, 5.41) is 4.19. The molecule has 5 atom stereocenters. The zero-order chi connectivity index (χ0) is 37.9. The first kappa shape index (κ1) is 37.2. The van der Waals surface area contributed by atoms with E-state index < -0.39 is 52.7 Å². The number of rotatable bonds is 6. The first-order valence-corrected chi connectivity index (χ1v) is 17.7. The second-order valence-electron chi connectivity index (χ2n) is 16.4. The highest BCUT2D eigenvalue weighted by molar-refractivity contribution is 6.21. The van der Waals surface area contributed by atoms with Gasteiger partial charge in [-0.15, -0.1) is 0 Å². The number of ether oxygens (including phenoxy) is 4. The largest absolute Gasteiger partial charge is 0.470 e. The van der Waals surface area contributed by atoms with Crippen LogP contribution in [0.2, 0.25) is 0 Å². The van der Waals surface area contributed by atoms with Crippen LogP contribution >= 0.6 is 0 Å². The third-order valence-corrected chi connectivity index (χ3v) is 10.2. The van der Waals surface area contributed by atoms with Gasteiger partial charge in [-0.25, -0.2) is 9.59 Å². The first-order chi connectivity index (χ1) is 24.4. The van der Waals surface area contributed by atoms with Crippen LogP contribution in [0, 0.1) is 24.7 Å². The standard InChI is InChI=1S/C40H49N3O9/c1-22-16-26(43(36(46)50-38(2,3)4)37(47)51-39(5,6)7)18-24-17-25-19-29-31(42(8)9)32-30(35(41-52-32)49-21-23-14-12-11-13-15-23)34(45)40(29,48-10)33(44)28(25)20-27(22)24/h11-16,18,25,28-29,31H,17,19-21H2,1-10H3. The van der Waals surface area contributed by atoms with E-state index >= 15 is 0 Å². The predicted molar refractivity (Wildman–Crippen MR) is 191 cm³/mol. The van der Waals surface area contributed by atoms with E-state index in [0.717, 1.165) is 27.2 Å². The summed E-state index contributed by atoms with van der Waals surface area (Å²) in [7, 11) is 5.18. The number of Topliss-reactive ketones (excluding diaryl/α,β-unsaturated/α-hetero) is 2. The van der Waals surface area contributed by atoms with Gasteiger partial charge in [0.1, 0.15) is 23.4 Å². The van der Waals surface area contributed by atoms with Crippen LogP contribution in [-0.4, -0.2) is 71.8 Å². The maximum Gasteiger partial charge on any atom is 0.424 e. The maximum absolute atomic E-state index is 14.9. The summed E-state index contributed by atoms with van der Waals surface area (Å²) in [4.78, 5) is 59.4. The van der Waals surface area contributed by atoms with Crippen molar-refractivity contribution in [2.24, 2.45) is 17.8 Å². The molecule has 0 spiro atoms. The Morgan fingerprint density at radius 2 is 1.60 bits per heavy atom. The fourth-order valence-corrected chi connectivity index (χ4v) is 8.15. The smallest absolute Gasteiger partial charge is 0.424 e. The Hall–Kier alpha value is -4.55. The van der Waals surface area contributed by atoms with Gasteiger partial charge in [0.15, 0.2) is 17.1 Å². The molecule has 0 aliphatic heterocycles. The lowest BCUT2D eigenvalue weighted by Gasteiger charge is -2.53. The fourth-order valence-electron chi connectivity index (χ4n) is 8.15. The van der Waals surface area contributed by atoms with Crippen molar-refractivity contribution in [3.8, 4) is 5.88 Å². The molecule has 2 aromatic carbocycles. The summed E-state index contributed by atoms with van der Waals surface area (Å²) in [6.07, 6.45) is -0.371. The number of hydrogen-bond donors (Lipinski definition) is 0. The second-order valence-corrected chi connectivity index (χ2v) is 16.4. The predicted octanol–water partition coefficient (Wildman–Crippen LogP) is 7.04. The molecule has 3 aliphatic carbocycles. The van der Waals surface area contributed by atoms with Gasteiger partial charge in [-0.3, -0.25) is 14.5 Å². The minimum Gasteiger partial charge on any atom is -0.470 e. The molecule has 1 fully saturated rings. The topological polar surface area (TPSA) is 138 Å². The number of aryl methyl sites for hydroxylation is 1. The average molecular weight is 716 g/mol. The Balaban J connectivity index is 1.37. The molecule has 12 nitrogen and oxygen atoms in total. The van der Waals surface area contributed by atoms with Gasteiger partial charge in [-0.2, -0.15) is 4.90 Å². The molecule has 5 unspecified atom stereocenters. The Kier molecular flexibility index (Phi) is 9.63. The molecule has 0 radical (unpaired) electrons. The molecule has 1 saturated carbocycles. The number of amides is 2. The van der Waals surface area contributed by atoms with Crippen LogP contribution in [0.4, 0.5) is 15.3 Å². The van der Waals surface area contributed by atoms with Crippen molar-refractivity contribution in [1.29, 1.82) is 0 Å². The molecule has 12 heteroatoms. The molecular formula is C40H49N3O9. The molecule has 2 amide bonds. The molecule has 3 aliphatic rings. The van der Waals surface area contributed by atoms with E-state index in [1.807, 2.05) is 62.3 Å². The van der Waals surface area contributed by atoms with Gasteiger partial charge in [0.25, 0.3) is 5.88 Å². The number of nitrogens with zero attached hydrogens (tertiary/aromatic N) is 3. The van der Waals surface area contributed by atoms with E-state index in [9.17, 15) is 19.2 Å². The van der Waals surface area contributed by atoms with Gasteiger partial charge < -0.3 is 23.5 Å². The number of carbonyl (C=O) groups excluding carboxylic acids is 4. The number of hydrogen-bond acceptors (Lipinski definition) is 11. The summed E-state index contributed by atoms with van der Waals surface area (Å²) in [5.74, 6) is -1.63. The van der Waals surface area contributed by atoms with E-state index in [1.165, 1.54) is 7.11 Å². The zero-order valence-electron chi connectivity index (χ0n) is 31.7. The van der Waals surface area contributed by atoms with E-state index in [0.29, 0.717) is 30.7 Å². The number of fused-ring (bicyclic) bond motifs is 4. The quantitative estimate of drug-likeness (QED) is 0.243. The van der Waals surface area contributed by atoms with E-state index in [-0.39, 0.29) is 29.8 Å². The van der Waals surface area contributed by atoms with Crippen molar-refractivity contribution < 1.29 is 42.6 Å². The number of anilines is 1. The summed E-state index contributed by atoms with van der Waals surface area (Å²) < 4.78 is 29.3. The number of imide groups is 1. The lowest BCUT2D eigenvalue weighted by Crippen LogP contribution is -2.66. The average Bonchev–Trinajstić information content (AvgIpc) is 3.46. The van der Waals surface area contributed by atoms with Gasteiger partial charge in [0.05, 0.1) is 11.7 Å². The van der Waals surface area contributed by atoms with Crippen LogP contribution < -0.4 is 9.64 Å². The Bertz CT molecular complexity index is 1860. The van der Waals surface area contributed by atoms with E-state index in [1.54, 1.807) is 47.6 Å². The van der Waals surface area contributed by atoms with Gasteiger partial charge in [0, 0.05) is 18.9 Å². The Morgan fingerprint density at radius 1 is 0.962 bits per heavy atom. The van der Waals surface area contributed by atoms with Crippen molar-refractivity contribution in [2.45, 2.75) is 97.2 Å². The first-order valence-electron chi connectivity index (χ1n) is 17.7. The molecule has 52 heavy (non-hydrogen) atoms. The summed E-state index contributed by atoms with van der Waals surface area (Å²) in [6.45, 7) is 12.4. The Labute approximate surface area is 304 Å². The maximum atomic E-state index is 14.9. The number of carbonyl (C=O) groups is 4. The van der Waals surface area contributed by atoms with Crippen LogP contribution in [0.5, 0.6) is 5.88 Å². The minimum atomic E-state index is -1.77. The highest BCUT2D eigenvalue weighted by atomic mass is 16.6. The molecular weight excluding hydrogens is 666 g/mol. The normalized spacial score (nSPS) is 24.0. The van der Waals surface area contributed by atoms with Crippen molar-refractivity contribution in [3.63, 3.8) is 0 Å². The fraction of sp³-hybridized carbons (Fsp3) is 0.525. The zero-order valence-corrected chi connectivity index (χ0v) is 31.7. The summed E-state index contributed by atoms with van der Waals surface area (Å²) in [5.41, 5.74) is 0.500. The third kappa shape index (κ3) is 6.62. The van der Waals surface area contributed by atoms with E-state index in [2.05, 4.69) is 5.16 Å². The number of methoxy groups -OCH3 is 1. The van der Waals surface area contributed by atoms with Gasteiger partial charge >= 0.3 is 12.2 Å². The third-order valence-electron chi connectivity index (χ3n) is 10.2. The molecule has 0 N–H and O–H groups in total. The number of aromatic nitrogens is 1. The highest BCUT2D eigenvalue weighted by Gasteiger charge is 2.67. The van der Waals surface area contributed by atoms with Crippen molar-refractivity contribution in [2.75, 3.05) is 26.1 Å². The van der Waals surface area contributed by atoms with Crippen LogP contribution in [0.25, 0.3) is 0 Å². The van der Waals surface area contributed by atoms with Crippen molar-refractivity contribution >= 4 is 29.4 Å². The van der Waals surface area contributed by atoms with Crippen molar-refractivity contribution in [1.82, 2.24) is 10.1 Å². The highest BCUT2D eigenvalue weighted by Crippen LogP contribution is 2.56. The Morgan fingerprint density at radius 3 is 2.17 bits per heavy atom.